The fraction of sp³-hybridized carbons (Fsp3) is 0. The highest BCUT2D eigenvalue weighted by atomic mass is 16.4. The Bertz CT molecular complexity index is 1010. The molecule has 130 valence electrons. The summed E-state index contributed by atoms with van der Waals surface area (Å²) >= 11 is 0. The molecule has 0 radical (unpaired) electrons. The van der Waals surface area contributed by atoms with Crippen LogP contribution in [0.4, 0.5) is 0 Å². The van der Waals surface area contributed by atoms with Gasteiger partial charge in [0.1, 0.15) is 0 Å². The van der Waals surface area contributed by atoms with Crippen molar-refractivity contribution in [2.24, 2.45) is 0 Å². The molecule has 4 aromatic rings. The van der Waals surface area contributed by atoms with Gasteiger partial charge in [-0.15, -0.1) is 0 Å². The van der Waals surface area contributed by atoms with Gasteiger partial charge in [-0.05, 0) is 38.8 Å². The third kappa shape index (κ3) is 3.85. The molecule has 2 N–H and O–H groups in total. The molecule has 3 heteroatoms. The highest BCUT2D eigenvalue weighted by molar-refractivity contribution is 6.58. The molecule has 0 saturated heterocycles. The van der Waals surface area contributed by atoms with Crippen LogP contribution in [0.2, 0.25) is 0 Å². The monoisotopic (exact) mass is 350 g/mol. The van der Waals surface area contributed by atoms with Gasteiger partial charge < -0.3 is 10.0 Å². The van der Waals surface area contributed by atoms with Crippen molar-refractivity contribution in [2.75, 3.05) is 0 Å². The molecule has 27 heavy (non-hydrogen) atoms. The van der Waals surface area contributed by atoms with Crippen molar-refractivity contribution in [3.63, 3.8) is 0 Å². The van der Waals surface area contributed by atoms with Gasteiger partial charge in [0.25, 0.3) is 0 Å². The summed E-state index contributed by atoms with van der Waals surface area (Å²) in [7, 11) is -1.43. The molecule has 0 unspecified atom stereocenters. The maximum Gasteiger partial charge on any atom is 0.488 e. The normalized spacial score (nSPS) is 10.6. The van der Waals surface area contributed by atoms with Gasteiger partial charge in [-0.1, -0.05) is 103 Å². The Kier molecular flexibility index (Phi) is 4.88. The van der Waals surface area contributed by atoms with Crippen molar-refractivity contribution < 1.29 is 10.0 Å². The van der Waals surface area contributed by atoms with E-state index in [1.165, 1.54) is 22.3 Å². The zero-order valence-corrected chi connectivity index (χ0v) is 14.8. The van der Waals surface area contributed by atoms with Crippen molar-refractivity contribution in [1.29, 1.82) is 0 Å². The lowest BCUT2D eigenvalue weighted by atomic mass is 9.80. The van der Waals surface area contributed by atoms with Crippen molar-refractivity contribution in [3.8, 4) is 33.4 Å². The summed E-state index contributed by atoms with van der Waals surface area (Å²) in [4.78, 5) is 0. The van der Waals surface area contributed by atoms with Gasteiger partial charge in [0.2, 0.25) is 0 Å². The van der Waals surface area contributed by atoms with Crippen molar-refractivity contribution in [1.82, 2.24) is 0 Å². The number of rotatable bonds is 4. The predicted molar refractivity (Wildman–Crippen MR) is 113 cm³/mol. The molecule has 0 amide bonds. The summed E-state index contributed by atoms with van der Waals surface area (Å²) in [6.45, 7) is 0. The van der Waals surface area contributed by atoms with Crippen LogP contribution in [-0.2, 0) is 0 Å². The fourth-order valence-electron chi connectivity index (χ4n) is 3.19. The Balaban J connectivity index is 1.55. The molecule has 0 aliphatic carbocycles. The lowest BCUT2D eigenvalue weighted by Gasteiger charge is -2.07. The van der Waals surface area contributed by atoms with E-state index < -0.39 is 7.12 Å². The largest absolute Gasteiger partial charge is 0.488 e. The van der Waals surface area contributed by atoms with E-state index in [1.54, 1.807) is 12.1 Å². The smallest absolute Gasteiger partial charge is 0.423 e. The summed E-state index contributed by atoms with van der Waals surface area (Å²) in [5.41, 5.74) is 7.41. The summed E-state index contributed by atoms with van der Waals surface area (Å²) in [5, 5.41) is 18.4. The second-order valence-electron chi connectivity index (χ2n) is 6.52. The first-order valence-electron chi connectivity index (χ1n) is 8.93. The Morgan fingerprint density at radius 3 is 1.00 bits per heavy atom. The molecule has 4 aromatic carbocycles. The Morgan fingerprint density at radius 1 is 0.370 bits per heavy atom. The summed E-state index contributed by atoms with van der Waals surface area (Å²) in [6.07, 6.45) is 0. The minimum atomic E-state index is -1.43. The quantitative estimate of drug-likeness (QED) is 0.537. The highest BCUT2D eigenvalue weighted by Crippen LogP contribution is 2.27. The molecule has 0 heterocycles. The van der Waals surface area contributed by atoms with Gasteiger partial charge in [0.05, 0.1) is 0 Å². The first kappa shape index (κ1) is 17.3. The van der Waals surface area contributed by atoms with Crippen LogP contribution in [0.25, 0.3) is 33.4 Å². The highest BCUT2D eigenvalue weighted by Gasteiger charge is 2.10. The minimum absolute atomic E-state index is 0.494. The van der Waals surface area contributed by atoms with Crippen LogP contribution in [0.3, 0.4) is 0 Å². The maximum atomic E-state index is 9.20. The predicted octanol–water partition coefficient (Wildman–Crippen LogP) is 4.37. The molecule has 0 fully saturated rings. The minimum Gasteiger partial charge on any atom is -0.423 e. The van der Waals surface area contributed by atoms with E-state index in [0.29, 0.717) is 5.46 Å². The van der Waals surface area contributed by atoms with Gasteiger partial charge in [-0.3, -0.25) is 0 Å². The van der Waals surface area contributed by atoms with Gasteiger partial charge in [-0.25, -0.2) is 0 Å². The zero-order valence-electron chi connectivity index (χ0n) is 14.8. The summed E-state index contributed by atoms with van der Waals surface area (Å²) < 4.78 is 0. The third-order valence-corrected chi connectivity index (χ3v) is 4.75. The Hall–Kier alpha value is -3.14. The van der Waals surface area contributed by atoms with Crippen molar-refractivity contribution >= 4 is 12.6 Å². The van der Waals surface area contributed by atoms with Crippen LogP contribution in [0.5, 0.6) is 0 Å². The molecule has 0 aromatic heterocycles. The molecule has 0 aliphatic heterocycles. The van der Waals surface area contributed by atoms with Crippen LogP contribution >= 0.6 is 0 Å². The first-order chi connectivity index (χ1) is 13.2. The fourth-order valence-corrected chi connectivity index (χ4v) is 3.19. The average Bonchev–Trinajstić information content (AvgIpc) is 2.75. The first-order valence-corrected chi connectivity index (χ1v) is 8.93. The van der Waals surface area contributed by atoms with Gasteiger partial charge in [0, 0.05) is 0 Å². The molecular weight excluding hydrogens is 331 g/mol. The molecule has 0 saturated carbocycles. The van der Waals surface area contributed by atoms with Crippen LogP contribution < -0.4 is 5.46 Å². The van der Waals surface area contributed by atoms with E-state index in [0.717, 1.165) is 11.1 Å². The van der Waals surface area contributed by atoms with Crippen molar-refractivity contribution in [2.45, 2.75) is 0 Å². The third-order valence-electron chi connectivity index (χ3n) is 4.75. The Morgan fingerprint density at radius 2 is 0.667 bits per heavy atom. The van der Waals surface area contributed by atoms with Crippen molar-refractivity contribution in [3.05, 3.63) is 103 Å². The van der Waals surface area contributed by atoms with Crippen LogP contribution in [0.1, 0.15) is 0 Å². The second kappa shape index (κ2) is 7.62. The molecule has 0 atom stereocenters. The van der Waals surface area contributed by atoms with Crippen LogP contribution in [-0.4, -0.2) is 17.2 Å². The van der Waals surface area contributed by atoms with Crippen LogP contribution in [0.15, 0.2) is 103 Å². The van der Waals surface area contributed by atoms with Gasteiger partial charge in [-0.2, -0.15) is 0 Å². The molecule has 0 bridgehead atoms. The van der Waals surface area contributed by atoms with E-state index in [4.69, 9.17) is 0 Å². The zero-order chi connectivity index (χ0) is 18.6. The van der Waals surface area contributed by atoms with E-state index in [1.807, 2.05) is 18.2 Å². The number of hydrogen-bond donors (Lipinski definition) is 2. The summed E-state index contributed by atoms with van der Waals surface area (Å²) in [5.74, 6) is 0. The Labute approximate surface area is 159 Å². The van der Waals surface area contributed by atoms with E-state index in [9.17, 15) is 10.0 Å². The molecule has 2 nitrogen and oxygen atoms in total. The average molecular weight is 350 g/mol. The van der Waals surface area contributed by atoms with E-state index in [2.05, 4.69) is 72.8 Å². The van der Waals surface area contributed by atoms with Crippen LogP contribution in [0, 0.1) is 0 Å². The molecule has 4 rings (SSSR count). The summed E-state index contributed by atoms with van der Waals surface area (Å²) in [6, 6.07) is 34.6. The number of hydrogen-bond acceptors (Lipinski definition) is 2. The lowest BCUT2D eigenvalue weighted by Crippen LogP contribution is -2.29. The standard InChI is InChI=1S/C24H19BO2/c26-25(27)24-16-14-23(15-17-24)22-12-10-21(11-13-22)20-8-6-19(7-9-20)18-4-2-1-3-5-18/h1-17,26-27H. The van der Waals surface area contributed by atoms with Gasteiger partial charge in [0.15, 0.2) is 0 Å². The molecule has 0 spiro atoms. The second-order valence-corrected chi connectivity index (χ2v) is 6.52. The SMILES string of the molecule is OB(O)c1ccc(-c2ccc(-c3ccc(-c4ccccc4)cc3)cc2)cc1. The lowest BCUT2D eigenvalue weighted by molar-refractivity contribution is 0.426. The van der Waals surface area contributed by atoms with Gasteiger partial charge >= 0.3 is 7.12 Å². The van der Waals surface area contributed by atoms with E-state index in [-0.39, 0.29) is 0 Å². The molecular formula is C24H19BO2. The molecule has 0 aliphatic rings. The topological polar surface area (TPSA) is 40.5 Å². The number of benzene rings is 4. The van der Waals surface area contributed by atoms with E-state index >= 15 is 0 Å². The maximum absolute atomic E-state index is 9.20.